The number of halogens is 1. The number of piperidine rings is 1. The Balaban J connectivity index is 1.49. The topological polar surface area (TPSA) is 108 Å². The fourth-order valence-corrected chi connectivity index (χ4v) is 6.42. The molecule has 1 N–H and O–H groups in total. The summed E-state index contributed by atoms with van der Waals surface area (Å²) in [5.74, 6) is 1.09. The molecule has 1 aromatic carbocycles. The molecule has 0 bridgehead atoms. The van der Waals surface area contributed by atoms with E-state index in [1.54, 1.807) is 18.2 Å². The molecule has 2 aromatic rings. The predicted octanol–water partition coefficient (Wildman–Crippen LogP) is 4.65. The van der Waals surface area contributed by atoms with Crippen LogP contribution in [-0.4, -0.2) is 47.4 Å². The highest BCUT2D eigenvalue weighted by Crippen LogP contribution is 2.55. The van der Waals surface area contributed by atoms with E-state index in [9.17, 15) is 9.59 Å². The van der Waals surface area contributed by atoms with Crippen LogP contribution < -0.4 is 15.0 Å². The van der Waals surface area contributed by atoms with Gasteiger partial charge in [0.2, 0.25) is 5.95 Å². The summed E-state index contributed by atoms with van der Waals surface area (Å²) in [6.45, 7) is 13.4. The lowest BCUT2D eigenvalue weighted by Gasteiger charge is -2.63. The van der Waals surface area contributed by atoms with Gasteiger partial charge in [0.1, 0.15) is 24.2 Å². The average Bonchev–Trinajstić information content (AvgIpc) is 2.85. The maximum Gasteiger partial charge on any atom is 0.255 e. The molecule has 2 fully saturated rings. The molecule has 37 heavy (non-hydrogen) atoms. The zero-order chi connectivity index (χ0) is 27.1. The zero-order valence-corrected chi connectivity index (χ0v) is 23.0. The van der Waals surface area contributed by atoms with Gasteiger partial charge in [-0.25, -0.2) is 9.97 Å². The first kappa shape index (κ1) is 26.9. The Morgan fingerprint density at radius 2 is 1.76 bits per heavy atom. The van der Waals surface area contributed by atoms with Crippen LogP contribution in [0.4, 0.5) is 5.95 Å². The minimum Gasteiger partial charge on any atom is -0.489 e. The number of ether oxygens (including phenoxy) is 1. The first-order valence-corrected chi connectivity index (χ1v) is 13.0. The highest BCUT2D eigenvalue weighted by molar-refractivity contribution is 6.31. The van der Waals surface area contributed by atoms with Crippen LogP contribution in [0.5, 0.6) is 5.75 Å². The number of rotatable bonds is 6. The van der Waals surface area contributed by atoms with E-state index in [1.165, 1.54) is 0 Å². The summed E-state index contributed by atoms with van der Waals surface area (Å²) in [7, 11) is 0. The lowest BCUT2D eigenvalue weighted by atomic mass is 9.49. The first-order chi connectivity index (χ1) is 17.4. The standard InChI is InChI=1S/C28H34ClN5O3/c1-16-22(17(2)32-26(31-16)34-11-9-18(15-35)10-12-34)23(36)33-24-27(3,4)25(28(24,5)6)37-20-8-7-19(14-30)21(29)13-20/h7-8,13,15,18,24-25H,9-12H2,1-6H3,(H,33,36). The Kier molecular flexibility index (Phi) is 7.22. The van der Waals surface area contributed by atoms with Crippen molar-refractivity contribution in [2.24, 2.45) is 16.7 Å². The monoisotopic (exact) mass is 523 g/mol. The average molecular weight is 524 g/mol. The Labute approximate surface area is 223 Å². The predicted molar refractivity (Wildman–Crippen MR) is 142 cm³/mol. The number of carbonyl (C=O) groups is 2. The van der Waals surface area contributed by atoms with Gasteiger partial charge in [0.15, 0.2) is 0 Å². The second kappa shape index (κ2) is 9.94. The Morgan fingerprint density at radius 1 is 1.16 bits per heavy atom. The van der Waals surface area contributed by atoms with Crippen LogP contribution in [0.2, 0.25) is 5.02 Å². The number of aryl methyl sites for hydroxylation is 2. The van der Waals surface area contributed by atoms with Crippen LogP contribution in [0.1, 0.15) is 67.8 Å². The number of anilines is 1. The van der Waals surface area contributed by atoms with Gasteiger partial charge in [-0.15, -0.1) is 0 Å². The number of aldehydes is 1. The van der Waals surface area contributed by atoms with Crippen molar-refractivity contribution in [1.29, 1.82) is 5.26 Å². The molecule has 1 aliphatic carbocycles. The van der Waals surface area contributed by atoms with Crippen molar-refractivity contribution in [1.82, 2.24) is 15.3 Å². The molecule has 4 rings (SSSR count). The van der Waals surface area contributed by atoms with Crippen molar-refractivity contribution in [3.63, 3.8) is 0 Å². The van der Waals surface area contributed by atoms with E-state index in [4.69, 9.17) is 21.6 Å². The molecule has 2 heterocycles. The van der Waals surface area contributed by atoms with Gasteiger partial charge in [-0.05, 0) is 38.8 Å². The molecular formula is C28H34ClN5O3. The van der Waals surface area contributed by atoms with Crippen molar-refractivity contribution in [3.8, 4) is 11.8 Å². The Bertz CT molecular complexity index is 1220. The van der Waals surface area contributed by atoms with E-state index in [-0.39, 0.29) is 34.8 Å². The van der Waals surface area contributed by atoms with E-state index < -0.39 is 0 Å². The van der Waals surface area contributed by atoms with Crippen LogP contribution in [0.25, 0.3) is 0 Å². The fraction of sp³-hybridized carbons (Fsp3) is 0.536. The Morgan fingerprint density at radius 3 is 2.27 bits per heavy atom. The van der Waals surface area contributed by atoms with Gasteiger partial charge < -0.3 is 19.7 Å². The van der Waals surface area contributed by atoms with E-state index in [1.807, 2.05) is 13.8 Å². The van der Waals surface area contributed by atoms with Crippen molar-refractivity contribution < 1.29 is 14.3 Å². The van der Waals surface area contributed by atoms with Crippen LogP contribution in [0, 0.1) is 41.9 Å². The van der Waals surface area contributed by atoms with Gasteiger partial charge in [-0.3, -0.25) is 4.79 Å². The van der Waals surface area contributed by atoms with Gasteiger partial charge in [-0.2, -0.15) is 5.26 Å². The van der Waals surface area contributed by atoms with Gasteiger partial charge in [0.05, 0.1) is 27.5 Å². The molecule has 0 atom stereocenters. The van der Waals surface area contributed by atoms with E-state index >= 15 is 0 Å². The molecule has 1 aliphatic heterocycles. The molecule has 196 valence electrons. The summed E-state index contributed by atoms with van der Waals surface area (Å²) < 4.78 is 6.33. The second-order valence-corrected chi connectivity index (χ2v) is 11.7. The number of amides is 1. The third-order valence-electron chi connectivity index (χ3n) is 7.93. The lowest BCUT2D eigenvalue weighted by Crippen LogP contribution is -2.74. The number of nitriles is 1. The van der Waals surface area contributed by atoms with Crippen LogP contribution >= 0.6 is 11.6 Å². The lowest BCUT2D eigenvalue weighted by molar-refractivity contribution is -0.164. The molecule has 1 saturated heterocycles. The van der Waals surface area contributed by atoms with Gasteiger partial charge >= 0.3 is 0 Å². The summed E-state index contributed by atoms with van der Waals surface area (Å²) in [6, 6.07) is 6.95. The van der Waals surface area contributed by atoms with Crippen molar-refractivity contribution in [3.05, 3.63) is 45.7 Å². The van der Waals surface area contributed by atoms with Crippen molar-refractivity contribution in [2.45, 2.75) is 66.5 Å². The highest BCUT2D eigenvalue weighted by Gasteiger charge is 2.64. The second-order valence-electron chi connectivity index (χ2n) is 11.3. The van der Waals surface area contributed by atoms with Gasteiger partial charge in [-0.1, -0.05) is 39.3 Å². The largest absolute Gasteiger partial charge is 0.489 e. The fourth-order valence-electron chi connectivity index (χ4n) is 6.20. The molecule has 1 amide bonds. The van der Waals surface area contributed by atoms with Crippen molar-refractivity contribution in [2.75, 3.05) is 18.0 Å². The summed E-state index contributed by atoms with van der Waals surface area (Å²) in [5, 5.41) is 12.7. The van der Waals surface area contributed by atoms with Gasteiger partial charge in [0.25, 0.3) is 5.91 Å². The Hall–Kier alpha value is -3.18. The molecular weight excluding hydrogens is 490 g/mol. The number of hydrogen-bond donors (Lipinski definition) is 1. The third kappa shape index (κ3) is 4.89. The van der Waals surface area contributed by atoms with E-state index in [0.29, 0.717) is 39.2 Å². The molecule has 8 nitrogen and oxygen atoms in total. The zero-order valence-electron chi connectivity index (χ0n) is 22.3. The minimum absolute atomic E-state index is 0.0967. The number of aromatic nitrogens is 2. The van der Waals surface area contributed by atoms with Crippen molar-refractivity contribution >= 4 is 29.7 Å². The summed E-state index contributed by atoms with van der Waals surface area (Å²) in [4.78, 5) is 35.9. The number of nitrogens with zero attached hydrogens (tertiary/aromatic N) is 4. The van der Waals surface area contributed by atoms with E-state index in [0.717, 1.165) is 32.2 Å². The first-order valence-electron chi connectivity index (χ1n) is 12.6. The molecule has 9 heteroatoms. The number of benzene rings is 1. The van der Waals surface area contributed by atoms with Crippen LogP contribution in [0.15, 0.2) is 18.2 Å². The quantitative estimate of drug-likeness (QED) is 0.549. The maximum absolute atomic E-state index is 13.5. The van der Waals surface area contributed by atoms with Crippen LogP contribution in [-0.2, 0) is 4.79 Å². The minimum atomic E-state index is -0.370. The molecule has 1 saturated carbocycles. The molecule has 2 aliphatic rings. The number of hydrogen-bond acceptors (Lipinski definition) is 7. The molecule has 0 spiro atoms. The third-order valence-corrected chi connectivity index (χ3v) is 8.24. The van der Waals surface area contributed by atoms with Gasteiger partial charge in [0, 0.05) is 41.9 Å². The molecule has 0 radical (unpaired) electrons. The van der Waals surface area contributed by atoms with E-state index in [2.05, 4.69) is 53.9 Å². The number of carbonyl (C=O) groups excluding carboxylic acids is 2. The summed E-state index contributed by atoms with van der Waals surface area (Å²) >= 11 is 6.20. The maximum atomic E-state index is 13.5. The summed E-state index contributed by atoms with van der Waals surface area (Å²) in [6.07, 6.45) is 2.42. The summed E-state index contributed by atoms with van der Waals surface area (Å²) in [5.41, 5.74) is 1.41. The molecule has 0 unspecified atom stereocenters. The number of nitrogens with one attached hydrogen (secondary N) is 1. The smallest absolute Gasteiger partial charge is 0.255 e. The highest BCUT2D eigenvalue weighted by atomic mass is 35.5. The molecule has 1 aromatic heterocycles. The SMILES string of the molecule is Cc1nc(N2CCC(C=O)CC2)nc(C)c1C(=O)NC1C(C)(C)C(Oc2ccc(C#N)c(Cl)c2)C1(C)C. The normalized spacial score (nSPS) is 22.5. The van der Waals surface area contributed by atoms with Crippen LogP contribution in [0.3, 0.4) is 0 Å².